The van der Waals surface area contributed by atoms with Crippen molar-refractivity contribution in [2.75, 3.05) is 25.0 Å². The van der Waals surface area contributed by atoms with E-state index in [0.29, 0.717) is 17.7 Å². The summed E-state index contributed by atoms with van der Waals surface area (Å²) in [6.45, 7) is 4.56. The number of nitrogens with zero attached hydrogens (tertiary/aromatic N) is 2. The van der Waals surface area contributed by atoms with Gasteiger partial charge in [0.05, 0.1) is 11.2 Å². The highest BCUT2D eigenvalue weighted by molar-refractivity contribution is 6.02. The van der Waals surface area contributed by atoms with Crippen LogP contribution in [-0.2, 0) is 0 Å². The molecule has 0 unspecified atom stereocenters. The zero-order valence-electron chi connectivity index (χ0n) is 11.4. The molecular formula is C14H18N4O2. The van der Waals surface area contributed by atoms with Crippen LogP contribution in [0.1, 0.15) is 23.8 Å². The molecule has 6 nitrogen and oxygen atoms in total. The van der Waals surface area contributed by atoms with Crippen LogP contribution in [0.3, 0.4) is 0 Å². The van der Waals surface area contributed by atoms with Gasteiger partial charge in [-0.25, -0.2) is 4.79 Å². The van der Waals surface area contributed by atoms with E-state index < -0.39 is 5.97 Å². The molecule has 20 heavy (non-hydrogen) atoms. The van der Waals surface area contributed by atoms with Gasteiger partial charge >= 0.3 is 5.97 Å². The third-order valence-electron chi connectivity index (χ3n) is 2.95. The summed E-state index contributed by atoms with van der Waals surface area (Å²) in [6.07, 6.45) is 0.906. The van der Waals surface area contributed by atoms with Crippen LogP contribution < -0.4 is 10.6 Å². The molecule has 0 saturated heterocycles. The van der Waals surface area contributed by atoms with Gasteiger partial charge in [-0.3, -0.25) is 0 Å². The quantitative estimate of drug-likeness (QED) is 0.667. The van der Waals surface area contributed by atoms with E-state index in [2.05, 4.69) is 27.8 Å². The van der Waals surface area contributed by atoms with Crippen molar-refractivity contribution in [3.05, 3.63) is 30.0 Å². The molecule has 0 saturated carbocycles. The predicted octanol–water partition coefficient (Wildman–Crippen LogP) is 1.74. The fourth-order valence-electron chi connectivity index (χ4n) is 1.99. The summed E-state index contributed by atoms with van der Waals surface area (Å²) in [5.74, 6) is -1.07. The van der Waals surface area contributed by atoms with E-state index in [1.165, 1.54) is 0 Å². The van der Waals surface area contributed by atoms with Crippen molar-refractivity contribution in [1.82, 2.24) is 15.5 Å². The molecule has 1 aromatic heterocycles. The maximum absolute atomic E-state index is 11.2. The highest BCUT2D eigenvalue weighted by Crippen LogP contribution is 2.24. The van der Waals surface area contributed by atoms with E-state index in [1.54, 1.807) is 0 Å². The first-order valence-electron chi connectivity index (χ1n) is 6.67. The number of aromatic carboxylic acids is 1. The molecule has 0 fully saturated rings. The maximum Gasteiger partial charge on any atom is 0.358 e. The van der Waals surface area contributed by atoms with Crippen molar-refractivity contribution in [3.63, 3.8) is 0 Å². The van der Waals surface area contributed by atoms with Gasteiger partial charge in [-0.2, -0.15) is 0 Å². The molecular weight excluding hydrogens is 256 g/mol. The van der Waals surface area contributed by atoms with E-state index in [4.69, 9.17) is 0 Å². The van der Waals surface area contributed by atoms with E-state index >= 15 is 0 Å². The predicted molar refractivity (Wildman–Crippen MR) is 78.1 cm³/mol. The zero-order chi connectivity index (χ0) is 14.4. The summed E-state index contributed by atoms with van der Waals surface area (Å²) < 4.78 is 0. The summed E-state index contributed by atoms with van der Waals surface area (Å²) in [4.78, 5) is 11.2. The van der Waals surface area contributed by atoms with Gasteiger partial charge < -0.3 is 15.7 Å². The second kappa shape index (κ2) is 6.81. The fraction of sp³-hybridized carbons (Fsp3) is 0.357. The molecule has 2 rings (SSSR count). The molecule has 0 radical (unpaired) electrons. The van der Waals surface area contributed by atoms with Crippen LogP contribution in [0, 0.1) is 0 Å². The Morgan fingerprint density at radius 2 is 2.05 bits per heavy atom. The minimum Gasteiger partial charge on any atom is -0.476 e. The average Bonchev–Trinajstić information content (AvgIpc) is 2.46. The lowest BCUT2D eigenvalue weighted by Crippen LogP contribution is -2.18. The number of benzene rings is 1. The molecule has 0 bridgehead atoms. The molecule has 1 aromatic carbocycles. The van der Waals surface area contributed by atoms with Crippen LogP contribution in [0.2, 0.25) is 0 Å². The van der Waals surface area contributed by atoms with Gasteiger partial charge in [-0.1, -0.05) is 25.1 Å². The van der Waals surface area contributed by atoms with Gasteiger partial charge in [0.2, 0.25) is 0 Å². The first kappa shape index (κ1) is 14.2. The molecule has 2 aromatic rings. The van der Waals surface area contributed by atoms with Crippen molar-refractivity contribution >= 4 is 22.6 Å². The maximum atomic E-state index is 11.2. The summed E-state index contributed by atoms with van der Waals surface area (Å²) >= 11 is 0. The molecule has 1 heterocycles. The molecule has 0 atom stereocenters. The molecule has 106 valence electrons. The molecule has 0 aliphatic rings. The minimum absolute atomic E-state index is 0.0350. The largest absolute Gasteiger partial charge is 0.476 e. The molecule has 0 aliphatic heterocycles. The summed E-state index contributed by atoms with van der Waals surface area (Å²) in [7, 11) is 0. The van der Waals surface area contributed by atoms with Gasteiger partial charge in [0.15, 0.2) is 5.69 Å². The van der Waals surface area contributed by atoms with Crippen molar-refractivity contribution in [1.29, 1.82) is 0 Å². The summed E-state index contributed by atoms with van der Waals surface area (Å²) in [5.41, 5.74) is 1.19. The summed E-state index contributed by atoms with van der Waals surface area (Å²) in [5, 5.41) is 24.1. The molecule has 0 amide bonds. The number of carbonyl (C=O) groups is 1. The fourth-order valence-corrected chi connectivity index (χ4v) is 1.99. The highest BCUT2D eigenvalue weighted by atomic mass is 16.4. The Hall–Kier alpha value is -2.21. The van der Waals surface area contributed by atoms with Gasteiger partial charge in [0, 0.05) is 11.9 Å². The smallest absolute Gasteiger partial charge is 0.358 e. The van der Waals surface area contributed by atoms with E-state index in [9.17, 15) is 9.90 Å². The lowest BCUT2D eigenvalue weighted by Gasteiger charge is -2.11. The SMILES string of the molecule is CCNCCCNc1c(C(=O)O)nnc2ccccc12. The van der Waals surface area contributed by atoms with Crippen molar-refractivity contribution in [3.8, 4) is 0 Å². The van der Waals surface area contributed by atoms with Crippen LogP contribution in [0.15, 0.2) is 24.3 Å². The van der Waals surface area contributed by atoms with Crippen LogP contribution in [-0.4, -0.2) is 40.9 Å². The molecule has 3 N–H and O–H groups in total. The number of aromatic nitrogens is 2. The number of hydrogen-bond acceptors (Lipinski definition) is 5. The average molecular weight is 274 g/mol. The Labute approximate surface area is 117 Å². The second-order valence-electron chi connectivity index (χ2n) is 4.38. The number of anilines is 1. The Bertz CT molecular complexity index is 601. The van der Waals surface area contributed by atoms with Crippen LogP contribution in [0.4, 0.5) is 5.69 Å². The Morgan fingerprint density at radius 3 is 2.80 bits per heavy atom. The first-order chi connectivity index (χ1) is 9.74. The van der Waals surface area contributed by atoms with Gasteiger partial charge in [0.25, 0.3) is 0 Å². The number of hydrogen-bond donors (Lipinski definition) is 3. The normalized spacial score (nSPS) is 10.7. The van der Waals surface area contributed by atoms with Gasteiger partial charge in [-0.15, -0.1) is 10.2 Å². The molecule has 6 heteroatoms. The molecule has 0 aliphatic carbocycles. The third-order valence-corrected chi connectivity index (χ3v) is 2.95. The topological polar surface area (TPSA) is 87.1 Å². The second-order valence-corrected chi connectivity index (χ2v) is 4.38. The van der Waals surface area contributed by atoms with Crippen molar-refractivity contribution in [2.24, 2.45) is 0 Å². The minimum atomic E-state index is -1.07. The van der Waals surface area contributed by atoms with Crippen LogP contribution >= 0.6 is 0 Å². The van der Waals surface area contributed by atoms with Crippen LogP contribution in [0.25, 0.3) is 10.9 Å². The molecule has 0 spiro atoms. The van der Waals surface area contributed by atoms with E-state index in [0.717, 1.165) is 24.9 Å². The highest BCUT2D eigenvalue weighted by Gasteiger charge is 2.15. The zero-order valence-corrected chi connectivity index (χ0v) is 11.4. The number of fused-ring (bicyclic) bond motifs is 1. The number of nitrogens with one attached hydrogen (secondary N) is 2. The van der Waals surface area contributed by atoms with Gasteiger partial charge in [0.1, 0.15) is 0 Å². The Morgan fingerprint density at radius 1 is 1.25 bits per heavy atom. The lowest BCUT2D eigenvalue weighted by molar-refractivity contribution is 0.0690. The lowest BCUT2D eigenvalue weighted by atomic mass is 10.1. The monoisotopic (exact) mass is 274 g/mol. The first-order valence-corrected chi connectivity index (χ1v) is 6.67. The van der Waals surface area contributed by atoms with Gasteiger partial charge in [-0.05, 0) is 25.6 Å². The Kier molecular flexibility index (Phi) is 4.84. The number of rotatable bonds is 7. The van der Waals surface area contributed by atoms with Crippen molar-refractivity contribution < 1.29 is 9.90 Å². The standard InChI is InChI=1S/C14H18N4O2/c1-2-15-8-5-9-16-12-10-6-3-4-7-11(10)17-18-13(12)14(19)20/h3-4,6-7,15H,2,5,8-9H2,1H3,(H,16,17)(H,19,20). The number of carboxylic acid groups (broad SMARTS) is 1. The summed E-state index contributed by atoms with van der Waals surface area (Å²) in [6, 6.07) is 7.38. The third kappa shape index (κ3) is 3.21. The number of carboxylic acids is 1. The van der Waals surface area contributed by atoms with E-state index in [-0.39, 0.29) is 5.69 Å². The Balaban J connectivity index is 2.23. The van der Waals surface area contributed by atoms with Crippen LogP contribution in [0.5, 0.6) is 0 Å². The van der Waals surface area contributed by atoms with Crippen molar-refractivity contribution in [2.45, 2.75) is 13.3 Å². The van der Waals surface area contributed by atoms with E-state index in [1.807, 2.05) is 24.3 Å².